The highest BCUT2D eigenvalue weighted by molar-refractivity contribution is 5.96. The molecule has 0 saturated heterocycles. The van der Waals surface area contributed by atoms with E-state index in [0.717, 1.165) is 16.5 Å². The number of aromatic amines is 2. The van der Waals surface area contributed by atoms with Gasteiger partial charge in [-0.15, -0.1) is 0 Å². The van der Waals surface area contributed by atoms with Crippen molar-refractivity contribution in [1.29, 1.82) is 0 Å². The Hall–Kier alpha value is -5.29. The summed E-state index contributed by atoms with van der Waals surface area (Å²) >= 11 is 0. The molecule has 0 bridgehead atoms. The van der Waals surface area contributed by atoms with Gasteiger partial charge in [-0.05, 0) is 68.0 Å². The van der Waals surface area contributed by atoms with Crippen LogP contribution in [0.1, 0.15) is 78.5 Å². The summed E-state index contributed by atoms with van der Waals surface area (Å²) in [5, 5.41) is 24.1. The number of fused-ring (bicyclic) bond motifs is 1. The summed E-state index contributed by atoms with van der Waals surface area (Å²) in [5.41, 5.74) is 14.3. The molecular weight excluding hydrogens is 720 g/mol. The Labute approximate surface area is 327 Å². The van der Waals surface area contributed by atoms with Crippen LogP contribution in [0.5, 0.6) is 0 Å². The molecule has 0 saturated carbocycles. The zero-order chi connectivity index (χ0) is 41.5. The van der Waals surface area contributed by atoms with Crippen molar-refractivity contribution in [3.8, 4) is 0 Å². The molecule has 6 atom stereocenters. The number of carbonyl (C=O) groups is 6. The number of para-hydroxylation sites is 1. The van der Waals surface area contributed by atoms with Gasteiger partial charge >= 0.3 is 5.97 Å². The van der Waals surface area contributed by atoms with Crippen molar-refractivity contribution in [3.05, 3.63) is 54.2 Å². The SMILES string of the molecule is CC(C)C[C@@H](NC(=O)[C@@H](CCCCN)NC(=O)[C@H](NC(=O)[C@H](NC(=O)[C@@H](Cc1cnc[nH]1)NC(=O)[C@H](N)Cc1c[nH]c2ccccc12)C(C)C)C(C)C)C(=O)O. The third kappa shape index (κ3) is 13.5. The molecule has 3 rings (SSSR count). The highest BCUT2D eigenvalue weighted by atomic mass is 16.4. The Morgan fingerprint density at radius 1 is 0.732 bits per heavy atom. The fraction of sp³-hybridized carbons (Fsp3) is 0.564. The number of hydrogen-bond acceptors (Lipinski definition) is 9. The fourth-order valence-corrected chi connectivity index (χ4v) is 6.29. The quantitative estimate of drug-likeness (QED) is 0.0610. The number of imidazole rings is 1. The number of rotatable bonds is 23. The van der Waals surface area contributed by atoms with E-state index < -0.39 is 83.6 Å². The second kappa shape index (κ2) is 21.7. The summed E-state index contributed by atoms with van der Waals surface area (Å²) in [7, 11) is 0. The molecule has 0 aliphatic carbocycles. The number of hydrogen-bond donors (Lipinski definition) is 10. The first-order chi connectivity index (χ1) is 26.5. The van der Waals surface area contributed by atoms with Gasteiger partial charge in [0.25, 0.3) is 0 Å². The zero-order valence-electron chi connectivity index (χ0n) is 33.2. The number of nitrogens with one attached hydrogen (secondary N) is 7. The number of benzene rings is 1. The number of aliphatic carboxylic acids is 1. The lowest BCUT2D eigenvalue weighted by Crippen LogP contribution is -2.61. The van der Waals surface area contributed by atoms with E-state index in [1.54, 1.807) is 33.9 Å². The summed E-state index contributed by atoms with van der Waals surface area (Å²) in [5.74, 6) is -5.29. The van der Waals surface area contributed by atoms with Crippen LogP contribution in [-0.2, 0) is 41.6 Å². The second-order valence-corrected chi connectivity index (χ2v) is 15.3. The van der Waals surface area contributed by atoms with Gasteiger partial charge in [0.1, 0.15) is 30.2 Å². The molecule has 2 heterocycles. The summed E-state index contributed by atoms with van der Waals surface area (Å²) in [6.07, 6.45) is 6.44. The molecule has 0 fully saturated rings. The zero-order valence-corrected chi connectivity index (χ0v) is 33.2. The molecular formula is C39H60N10O7. The highest BCUT2D eigenvalue weighted by Gasteiger charge is 2.35. The fourth-order valence-electron chi connectivity index (χ4n) is 6.29. The normalized spacial score (nSPS) is 14.8. The Balaban J connectivity index is 1.75. The monoisotopic (exact) mass is 780 g/mol. The number of nitrogens with zero attached hydrogens (tertiary/aromatic N) is 1. The molecule has 0 spiro atoms. The summed E-state index contributed by atoms with van der Waals surface area (Å²) < 4.78 is 0. The van der Waals surface area contributed by atoms with Gasteiger partial charge in [0, 0.05) is 35.4 Å². The first kappa shape index (κ1) is 45.1. The smallest absolute Gasteiger partial charge is 0.326 e. The molecule has 2 aromatic heterocycles. The largest absolute Gasteiger partial charge is 0.480 e. The minimum Gasteiger partial charge on any atom is -0.480 e. The van der Waals surface area contributed by atoms with Crippen molar-refractivity contribution >= 4 is 46.4 Å². The number of nitrogens with two attached hydrogens (primary N) is 2. The van der Waals surface area contributed by atoms with E-state index in [9.17, 15) is 33.9 Å². The Morgan fingerprint density at radius 3 is 1.91 bits per heavy atom. The van der Waals surface area contributed by atoms with Crippen LogP contribution in [0.25, 0.3) is 10.9 Å². The second-order valence-electron chi connectivity index (χ2n) is 15.3. The number of H-pyrrole nitrogens is 2. The number of unbranched alkanes of at least 4 members (excludes halogenated alkanes) is 1. The molecule has 17 heteroatoms. The van der Waals surface area contributed by atoms with Gasteiger partial charge in [-0.1, -0.05) is 59.7 Å². The van der Waals surface area contributed by atoms with Crippen molar-refractivity contribution in [1.82, 2.24) is 41.5 Å². The van der Waals surface area contributed by atoms with Crippen LogP contribution in [0.4, 0.5) is 0 Å². The van der Waals surface area contributed by atoms with Crippen LogP contribution in [0.15, 0.2) is 43.0 Å². The van der Waals surface area contributed by atoms with Crippen molar-refractivity contribution in [2.75, 3.05) is 6.54 Å². The molecule has 3 aromatic rings. The van der Waals surface area contributed by atoms with Crippen molar-refractivity contribution < 1.29 is 33.9 Å². The first-order valence-corrected chi connectivity index (χ1v) is 19.2. The average Bonchev–Trinajstić information content (AvgIpc) is 3.81. The minimum absolute atomic E-state index is 0.0119. The lowest BCUT2D eigenvalue weighted by Gasteiger charge is -2.30. The van der Waals surface area contributed by atoms with Crippen molar-refractivity contribution in [3.63, 3.8) is 0 Å². The molecule has 0 aliphatic heterocycles. The number of carboxylic acids is 1. The number of aromatic nitrogens is 3. The number of carbonyl (C=O) groups excluding carboxylic acids is 5. The van der Waals surface area contributed by atoms with Crippen LogP contribution in [0.2, 0.25) is 0 Å². The summed E-state index contributed by atoms with van der Waals surface area (Å²) in [4.78, 5) is 90.2. The lowest BCUT2D eigenvalue weighted by atomic mass is 9.98. The van der Waals surface area contributed by atoms with E-state index in [1.165, 1.54) is 12.5 Å². The molecule has 12 N–H and O–H groups in total. The van der Waals surface area contributed by atoms with Crippen LogP contribution in [0.3, 0.4) is 0 Å². The van der Waals surface area contributed by atoms with Crippen molar-refractivity contribution in [2.24, 2.45) is 29.2 Å². The van der Waals surface area contributed by atoms with E-state index >= 15 is 0 Å². The average molecular weight is 781 g/mol. The predicted octanol–water partition coefficient (Wildman–Crippen LogP) is 0.999. The summed E-state index contributed by atoms with van der Waals surface area (Å²) in [6, 6.07) is 0.998. The molecule has 0 radical (unpaired) electrons. The molecule has 17 nitrogen and oxygen atoms in total. The Bertz CT molecular complexity index is 1760. The van der Waals surface area contributed by atoms with E-state index in [2.05, 4.69) is 41.5 Å². The van der Waals surface area contributed by atoms with Gasteiger partial charge in [0.2, 0.25) is 29.5 Å². The maximum atomic E-state index is 13.9. The molecule has 5 amide bonds. The minimum atomic E-state index is -1.19. The summed E-state index contributed by atoms with van der Waals surface area (Å²) in [6.45, 7) is 10.9. The topological polar surface area (TPSA) is 279 Å². The molecule has 0 aliphatic rings. The number of amides is 5. The maximum Gasteiger partial charge on any atom is 0.326 e. The predicted molar refractivity (Wildman–Crippen MR) is 212 cm³/mol. The van der Waals surface area contributed by atoms with Gasteiger partial charge < -0.3 is 53.1 Å². The van der Waals surface area contributed by atoms with Crippen molar-refractivity contribution in [2.45, 2.75) is 116 Å². The van der Waals surface area contributed by atoms with Gasteiger partial charge in [0.15, 0.2) is 0 Å². The third-order valence-electron chi connectivity index (χ3n) is 9.46. The Kier molecular flexibility index (Phi) is 17.5. The standard InChI is InChI=1S/C39H60N10O7/c1-21(2)15-31(39(55)56)47-35(51)29(13-9-10-14-40)45-37(53)32(22(3)4)49-38(54)33(23(5)6)48-36(52)30(17-25-19-42-20-44-25)46-34(50)27(41)16-24-18-43-28-12-8-7-11-26(24)28/h7-8,11-12,18-23,27,29-33,43H,9-10,13-17,40-41H2,1-6H3,(H,42,44)(H,45,53)(H,46,50)(H,47,51)(H,48,52)(H,49,54)(H,55,56)/t27-,29-,30-,31-,32-,33-/m1/s1. The van der Waals surface area contributed by atoms with E-state index in [4.69, 9.17) is 11.5 Å². The molecule has 56 heavy (non-hydrogen) atoms. The Morgan fingerprint density at radius 2 is 1.32 bits per heavy atom. The van der Waals surface area contributed by atoms with Gasteiger partial charge in [-0.2, -0.15) is 0 Å². The van der Waals surface area contributed by atoms with Crippen LogP contribution < -0.4 is 38.1 Å². The van der Waals surface area contributed by atoms with E-state index in [-0.39, 0.29) is 31.6 Å². The van der Waals surface area contributed by atoms with Gasteiger partial charge in [-0.25, -0.2) is 9.78 Å². The van der Waals surface area contributed by atoms with E-state index in [1.807, 2.05) is 38.1 Å². The van der Waals surface area contributed by atoms with Gasteiger partial charge in [0.05, 0.1) is 12.4 Å². The maximum absolute atomic E-state index is 13.9. The molecule has 1 aromatic carbocycles. The lowest BCUT2D eigenvalue weighted by molar-refractivity contribution is -0.143. The first-order valence-electron chi connectivity index (χ1n) is 19.2. The molecule has 0 unspecified atom stereocenters. The van der Waals surface area contributed by atoms with Crippen LogP contribution in [0, 0.1) is 17.8 Å². The number of carboxylic acid groups (broad SMARTS) is 1. The third-order valence-corrected chi connectivity index (χ3v) is 9.46. The van der Waals surface area contributed by atoms with Gasteiger partial charge in [-0.3, -0.25) is 24.0 Å². The highest BCUT2D eigenvalue weighted by Crippen LogP contribution is 2.19. The van der Waals surface area contributed by atoms with E-state index in [0.29, 0.717) is 25.1 Å². The molecule has 308 valence electrons. The van der Waals surface area contributed by atoms with Crippen LogP contribution >= 0.6 is 0 Å². The van der Waals surface area contributed by atoms with Crippen LogP contribution in [-0.4, -0.2) is 98.4 Å².